The van der Waals surface area contributed by atoms with Gasteiger partial charge in [-0.1, -0.05) is 42.5 Å². The maximum absolute atomic E-state index is 13.1. The summed E-state index contributed by atoms with van der Waals surface area (Å²) in [5.41, 5.74) is 2.71. The molecule has 1 amide bonds. The zero-order valence-electron chi connectivity index (χ0n) is 16.3. The Bertz CT molecular complexity index is 1320. The summed E-state index contributed by atoms with van der Waals surface area (Å²) in [7, 11) is 1.85. The molecular formula is C24H20N2O2S. The Kier molecular flexibility index (Phi) is 4.32. The third-order valence-corrected chi connectivity index (χ3v) is 6.73. The molecule has 29 heavy (non-hydrogen) atoms. The van der Waals surface area contributed by atoms with Crippen molar-refractivity contribution in [3.05, 3.63) is 77.5 Å². The maximum atomic E-state index is 13.1. The highest BCUT2D eigenvalue weighted by atomic mass is 32.1. The van der Waals surface area contributed by atoms with Gasteiger partial charge in [-0.15, -0.1) is 11.3 Å². The van der Waals surface area contributed by atoms with Crippen molar-refractivity contribution in [3.63, 3.8) is 0 Å². The van der Waals surface area contributed by atoms with Crippen molar-refractivity contribution in [1.82, 2.24) is 9.88 Å². The van der Waals surface area contributed by atoms with Crippen LogP contribution < -0.4 is 0 Å². The Morgan fingerprint density at radius 2 is 1.90 bits per heavy atom. The van der Waals surface area contributed by atoms with E-state index >= 15 is 0 Å². The van der Waals surface area contributed by atoms with E-state index in [0.717, 1.165) is 42.5 Å². The second-order valence-electron chi connectivity index (χ2n) is 7.30. The Morgan fingerprint density at radius 3 is 2.76 bits per heavy atom. The zero-order chi connectivity index (χ0) is 20.0. The number of para-hydroxylation sites is 1. The quantitative estimate of drug-likeness (QED) is 0.374. The second-order valence-corrected chi connectivity index (χ2v) is 8.36. The number of rotatable bonds is 4. The fourth-order valence-corrected chi connectivity index (χ4v) is 4.81. The van der Waals surface area contributed by atoms with Crippen LogP contribution in [0.5, 0.6) is 0 Å². The van der Waals surface area contributed by atoms with E-state index in [1.165, 1.54) is 0 Å². The molecule has 0 aliphatic heterocycles. The monoisotopic (exact) mass is 400 g/mol. The molecule has 0 fully saturated rings. The van der Waals surface area contributed by atoms with Crippen LogP contribution in [0.25, 0.3) is 32.0 Å². The molecule has 5 rings (SSSR count). The lowest BCUT2D eigenvalue weighted by Gasteiger charge is -2.23. The third-order valence-electron chi connectivity index (χ3n) is 5.52. The molecule has 2 aromatic heterocycles. The molecule has 3 aromatic carbocycles. The Balaban J connectivity index is 1.44. The number of furan rings is 1. The number of fused-ring (bicyclic) bond motifs is 4. The molecule has 0 radical (unpaired) electrons. The zero-order valence-corrected chi connectivity index (χ0v) is 17.1. The van der Waals surface area contributed by atoms with Gasteiger partial charge in [0.1, 0.15) is 10.6 Å². The van der Waals surface area contributed by atoms with Crippen molar-refractivity contribution in [2.24, 2.45) is 0 Å². The molecule has 0 aliphatic rings. The minimum absolute atomic E-state index is 0.0485. The standard InChI is InChI=1S/C24H20N2O2S/c1-15(24-25-19-9-5-6-10-21(19)29-24)26(2)22(27)13-17-14-28-20-12-11-16-7-3-4-8-18(16)23(17)20/h3-12,14-15H,13H2,1-2H3/t15-/m0/s1. The Hall–Kier alpha value is -3.18. The SMILES string of the molecule is C[C@@H](c1nc2ccccc2s1)N(C)C(=O)Cc1coc2ccc3ccccc3c12. The van der Waals surface area contributed by atoms with E-state index in [0.29, 0.717) is 6.42 Å². The van der Waals surface area contributed by atoms with Crippen LogP contribution >= 0.6 is 11.3 Å². The van der Waals surface area contributed by atoms with Crippen LogP contribution in [0.15, 0.2) is 71.3 Å². The molecule has 0 saturated carbocycles. The minimum atomic E-state index is -0.0881. The summed E-state index contributed by atoms with van der Waals surface area (Å²) < 4.78 is 6.88. The van der Waals surface area contributed by atoms with E-state index in [-0.39, 0.29) is 11.9 Å². The lowest BCUT2D eigenvalue weighted by molar-refractivity contribution is -0.131. The van der Waals surface area contributed by atoms with Crippen molar-refractivity contribution in [3.8, 4) is 0 Å². The first-order valence-corrected chi connectivity index (χ1v) is 10.4. The maximum Gasteiger partial charge on any atom is 0.227 e. The lowest BCUT2D eigenvalue weighted by Crippen LogP contribution is -2.30. The van der Waals surface area contributed by atoms with E-state index in [1.54, 1.807) is 22.5 Å². The average molecular weight is 401 g/mol. The van der Waals surface area contributed by atoms with Crippen LogP contribution in [-0.2, 0) is 11.2 Å². The first kappa shape index (κ1) is 17.9. The Labute approximate surface area is 172 Å². The van der Waals surface area contributed by atoms with Gasteiger partial charge in [0.25, 0.3) is 0 Å². The fourth-order valence-electron chi connectivity index (χ4n) is 3.74. The number of aromatic nitrogens is 1. The van der Waals surface area contributed by atoms with Crippen LogP contribution in [0.4, 0.5) is 0 Å². The molecule has 0 N–H and O–H groups in total. The molecule has 5 heteroatoms. The molecule has 0 bridgehead atoms. The summed E-state index contributed by atoms with van der Waals surface area (Å²) in [6.07, 6.45) is 2.01. The molecule has 0 unspecified atom stereocenters. The molecule has 0 spiro atoms. The fraction of sp³-hybridized carbons (Fsp3) is 0.167. The molecule has 1 atom stereocenters. The largest absolute Gasteiger partial charge is 0.464 e. The van der Waals surface area contributed by atoms with E-state index in [2.05, 4.69) is 18.2 Å². The first-order chi connectivity index (χ1) is 14.1. The first-order valence-electron chi connectivity index (χ1n) is 9.61. The predicted octanol–water partition coefficient (Wildman–Crippen LogP) is 5.96. The van der Waals surface area contributed by atoms with E-state index < -0.39 is 0 Å². The van der Waals surface area contributed by atoms with Crippen LogP contribution in [-0.4, -0.2) is 22.8 Å². The number of hydrogen-bond acceptors (Lipinski definition) is 4. The van der Waals surface area contributed by atoms with E-state index in [9.17, 15) is 4.79 Å². The molecule has 5 aromatic rings. The molecule has 144 valence electrons. The van der Waals surface area contributed by atoms with Gasteiger partial charge in [-0.05, 0) is 35.9 Å². The van der Waals surface area contributed by atoms with Crippen molar-refractivity contribution in [1.29, 1.82) is 0 Å². The predicted molar refractivity (Wildman–Crippen MR) is 118 cm³/mol. The van der Waals surface area contributed by atoms with E-state index in [4.69, 9.17) is 9.40 Å². The number of carbonyl (C=O) groups excluding carboxylic acids is 1. The Morgan fingerprint density at radius 1 is 1.10 bits per heavy atom. The van der Waals surface area contributed by atoms with E-state index in [1.807, 2.05) is 56.4 Å². The van der Waals surface area contributed by atoms with Crippen LogP contribution in [0, 0.1) is 0 Å². The van der Waals surface area contributed by atoms with Crippen LogP contribution in [0.1, 0.15) is 23.5 Å². The van der Waals surface area contributed by atoms with Gasteiger partial charge in [0.2, 0.25) is 5.91 Å². The van der Waals surface area contributed by atoms with Gasteiger partial charge >= 0.3 is 0 Å². The van der Waals surface area contributed by atoms with Crippen LogP contribution in [0.2, 0.25) is 0 Å². The van der Waals surface area contributed by atoms with Crippen molar-refractivity contribution in [2.75, 3.05) is 7.05 Å². The highest BCUT2D eigenvalue weighted by Crippen LogP contribution is 2.32. The summed E-state index contributed by atoms with van der Waals surface area (Å²) >= 11 is 1.64. The normalized spacial score (nSPS) is 12.6. The molecular weight excluding hydrogens is 380 g/mol. The van der Waals surface area contributed by atoms with Gasteiger partial charge in [-0.3, -0.25) is 4.79 Å². The van der Waals surface area contributed by atoms with Gasteiger partial charge in [0.05, 0.1) is 28.9 Å². The van der Waals surface area contributed by atoms with Crippen molar-refractivity contribution < 1.29 is 9.21 Å². The van der Waals surface area contributed by atoms with Gasteiger partial charge in [-0.2, -0.15) is 0 Å². The van der Waals surface area contributed by atoms with Gasteiger partial charge in [-0.25, -0.2) is 4.98 Å². The number of carbonyl (C=O) groups is 1. The van der Waals surface area contributed by atoms with Gasteiger partial charge < -0.3 is 9.32 Å². The molecule has 0 saturated heterocycles. The topological polar surface area (TPSA) is 46.3 Å². The summed E-state index contributed by atoms with van der Waals surface area (Å²) in [5, 5.41) is 4.23. The molecule has 0 aliphatic carbocycles. The summed E-state index contributed by atoms with van der Waals surface area (Å²) in [4.78, 5) is 19.6. The second kappa shape index (κ2) is 7.01. The number of hydrogen-bond donors (Lipinski definition) is 0. The number of thiazole rings is 1. The van der Waals surface area contributed by atoms with Gasteiger partial charge in [0, 0.05) is 18.0 Å². The average Bonchev–Trinajstić information content (AvgIpc) is 3.37. The smallest absolute Gasteiger partial charge is 0.227 e. The highest BCUT2D eigenvalue weighted by molar-refractivity contribution is 7.18. The number of likely N-dealkylation sites (N-methyl/N-ethyl adjacent to an activating group) is 1. The van der Waals surface area contributed by atoms with Gasteiger partial charge in [0.15, 0.2) is 0 Å². The number of benzene rings is 3. The highest BCUT2D eigenvalue weighted by Gasteiger charge is 2.22. The number of nitrogens with zero attached hydrogens (tertiary/aromatic N) is 2. The summed E-state index contributed by atoms with van der Waals surface area (Å²) in [6.45, 7) is 2.03. The minimum Gasteiger partial charge on any atom is -0.464 e. The third kappa shape index (κ3) is 3.08. The molecule has 4 nitrogen and oxygen atoms in total. The molecule has 2 heterocycles. The van der Waals surface area contributed by atoms with Crippen LogP contribution in [0.3, 0.4) is 0 Å². The number of amides is 1. The van der Waals surface area contributed by atoms with Crippen molar-refractivity contribution in [2.45, 2.75) is 19.4 Å². The lowest BCUT2D eigenvalue weighted by atomic mass is 10.0. The summed E-state index contributed by atoms with van der Waals surface area (Å²) in [5.74, 6) is 0.0485. The van der Waals surface area contributed by atoms with Crippen molar-refractivity contribution >= 4 is 49.2 Å². The summed E-state index contributed by atoms with van der Waals surface area (Å²) in [6, 6.07) is 20.2.